The first kappa shape index (κ1) is 25.0. The molecule has 0 bridgehead atoms. The van der Waals surface area contributed by atoms with Gasteiger partial charge in [-0.2, -0.15) is 8.78 Å². The zero-order valence-electron chi connectivity index (χ0n) is 21.0. The average Bonchev–Trinajstić information content (AvgIpc) is 3.30. The number of rotatable bonds is 8. The molecular weight excluding hydrogens is 482 g/mol. The number of hydrogen-bond donors (Lipinski definition) is 2. The zero-order chi connectivity index (χ0) is 26.5. The van der Waals surface area contributed by atoms with Crippen LogP contribution in [0.25, 0.3) is 10.9 Å². The molecule has 2 unspecified atom stereocenters. The monoisotopic (exact) mass is 512 g/mol. The second-order valence-electron chi connectivity index (χ2n) is 9.69. The highest BCUT2D eigenvalue weighted by molar-refractivity contribution is 6.08. The van der Waals surface area contributed by atoms with Gasteiger partial charge in [-0.1, -0.05) is 26.0 Å². The molecule has 2 atom stereocenters. The van der Waals surface area contributed by atoms with Crippen molar-refractivity contribution in [3.8, 4) is 11.5 Å². The number of likely N-dealkylation sites (N-methyl/N-ethyl adjacent to an activating group) is 1. The number of nitrogens with one attached hydrogen (secondary N) is 1. The summed E-state index contributed by atoms with van der Waals surface area (Å²) in [5, 5.41) is 10.9. The molecule has 3 aromatic rings. The molecule has 1 saturated heterocycles. The molecule has 0 aliphatic carbocycles. The Morgan fingerprint density at radius 1 is 1.19 bits per heavy atom. The highest BCUT2D eigenvalue weighted by atomic mass is 19.3. The Kier molecular flexibility index (Phi) is 6.31. The summed E-state index contributed by atoms with van der Waals surface area (Å²) in [5.74, 6) is -0.248. The minimum atomic E-state index is -2.96. The number of fused-ring (bicyclic) bond motifs is 4. The number of carbonyl (C=O) groups excluding carboxylic acids is 2. The lowest BCUT2D eigenvalue weighted by Crippen LogP contribution is -2.53. The van der Waals surface area contributed by atoms with Gasteiger partial charge in [0.05, 0.1) is 0 Å². The van der Waals surface area contributed by atoms with E-state index in [-0.39, 0.29) is 36.4 Å². The minimum Gasteiger partial charge on any atom is -0.508 e. The van der Waals surface area contributed by atoms with Crippen molar-refractivity contribution in [3.05, 3.63) is 59.3 Å². The van der Waals surface area contributed by atoms with Gasteiger partial charge in [0, 0.05) is 36.1 Å². The molecule has 10 heteroatoms. The third-order valence-corrected chi connectivity index (χ3v) is 7.58. The van der Waals surface area contributed by atoms with E-state index in [1.165, 1.54) is 17.0 Å². The number of aromatic nitrogens is 1. The fraction of sp³-hybridized carbons (Fsp3) is 0.407. The summed E-state index contributed by atoms with van der Waals surface area (Å²) in [6, 6.07) is 10.2. The Morgan fingerprint density at radius 3 is 2.62 bits per heavy atom. The zero-order valence-corrected chi connectivity index (χ0v) is 21.0. The molecule has 3 heterocycles. The van der Waals surface area contributed by atoms with Gasteiger partial charge in [-0.05, 0) is 61.5 Å². The number of nitrogens with zero attached hydrogens (tertiary/aromatic N) is 3. The number of urea groups is 1. The first-order chi connectivity index (χ1) is 17.7. The molecular formula is C27H30F2N4O4. The number of halogens is 2. The van der Waals surface area contributed by atoms with Crippen LogP contribution in [0.2, 0.25) is 0 Å². The van der Waals surface area contributed by atoms with Crippen LogP contribution in [0.5, 0.6) is 11.5 Å². The van der Waals surface area contributed by atoms with E-state index >= 15 is 0 Å². The number of H-pyrrole nitrogens is 1. The third-order valence-electron chi connectivity index (χ3n) is 7.58. The Balaban J connectivity index is 1.64. The molecule has 0 spiro atoms. The molecule has 1 aromatic heterocycles. The number of alkyl halides is 2. The maximum atomic E-state index is 13.8. The number of imide groups is 1. The van der Waals surface area contributed by atoms with Crippen molar-refractivity contribution in [1.29, 1.82) is 0 Å². The SMILES string of the molecule is CCN(CC)CCN1C(=O)N2C(c3cccc(O)c3)c3[nH]c4ccc(OC(F)F)cc4c3CC2(C)C1=O. The average molecular weight is 513 g/mol. The van der Waals surface area contributed by atoms with Gasteiger partial charge in [-0.15, -0.1) is 0 Å². The number of phenolic OH excluding ortho intramolecular Hbond substituents is 1. The lowest BCUT2D eigenvalue weighted by atomic mass is 9.81. The molecule has 5 rings (SSSR count). The molecule has 1 fully saturated rings. The van der Waals surface area contributed by atoms with Crippen LogP contribution in [0.15, 0.2) is 42.5 Å². The van der Waals surface area contributed by atoms with Gasteiger partial charge >= 0.3 is 12.6 Å². The summed E-state index contributed by atoms with van der Waals surface area (Å²) in [7, 11) is 0. The van der Waals surface area contributed by atoms with Crippen LogP contribution in [-0.4, -0.2) is 75.1 Å². The first-order valence-corrected chi connectivity index (χ1v) is 12.4. The number of aromatic amines is 1. The van der Waals surface area contributed by atoms with E-state index in [9.17, 15) is 23.5 Å². The number of benzene rings is 2. The van der Waals surface area contributed by atoms with Crippen molar-refractivity contribution in [3.63, 3.8) is 0 Å². The second kappa shape index (κ2) is 9.33. The van der Waals surface area contributed by atoms with E-state index in [0.717, 1.165) is 18.7 Å². The van der Waals surface area contributed by atoms with Crippen molar-refractivity contribution in [2.75, 3.05) is 26.2 Å². The van der Waals surface area contributed by atoms with E-state index in [1.54, 1.807) is 42.2 Å². The summed E-state index contributed by atoms with van der Waals surface area (Å²) < 4.78 is 30.4. The van der Waals surface area contributed by atoms with Gasteiger partial charge in [0.2, 0.25) is 0 Å². The lowest BCUT2D eigenvalue weighted by Gasteiger charge is -2.42. The van der Waals surface area contributed by atoms with Crippen molar-refractivity contribution >= 4 is 22.8 Å². The van der Waals surface area contributed by atoms with Crippen molar-refractivity contribution in [1.82, 2.24) is 19.7 Å². The number of aromatic hydroxyl groups is 1. The Labute approximate surface area is 213 Å². The van der Waals surface area contributed by atoms with E-state index in [0.29, 0.717) is 28.7 Å². The van der Waals surface area contributed by atoms with Gasteiger partial charge in [-0.25, -0.2) is 4.79 Å². The van der Waals surface area contributed by atoms with Crippen LogP contribution in [0, 0.1) is 0 Å². The first-order valence-electron chi connectivity index (χ1n) is 12.4. The smallest absolute Gasteiger partial charge is 0.387 e. The van der Waals surface area contributed by atoms with Crippen LogP contribution in [0.1, 0.15) is 43.6 Å². The number of carbonyl (C=O) groups is 2. The van der Waals surface area contributed by atoms with Crippen LogP contribution >= 0.6 is 0 Å². The number of hydrogen-bond acceptors (Lipinski definition) is 5. The van der Waals surface area contributed by atoms with Gasteiger partial charge in [0.1, 0.15) is 23.1 Å². The van der Waals surface area contributed by atoms with E-state index in [1.807, 2.05) is 13.8 Å². The molecule has 0 radical (unpaired) electrons. The van der Waals surface area contributed by atoms with Gasteiger partial charge in [0.15, 0.2) is 0 Å². The third kappa shape index (κ3) is 4.09. The van der Waals surface area contributed by atoms with E-state index < -0.39 is 18.2 Å². The second-order valence-corrected chi connectivity index (χ2v) is 9.69. The van der Waals surface area contributed by atoms with Crippen molar-refractivity contribution < 1.29 is 28.2 Å². The standard InChI is InChI=1S/C27H30F2N4O4/c1-4-31(5-2)11-12-32-24(35)27(3)15-20-19-14-18(37-25(28)29)9-10-21(19)30-22(20)23(33(27)26(32)36)16-7-6-8-17(34)13-16/h6-10,13-14,23,25,30,34H,4-5,11-12,15H2,1-3H3. The van der Waals surface area contributed by atoms with E-state index in [4.69, 9.17) is 0 Å². The van der Waals surface area contributed by atoms with E-state index in [2.05, 4.69) is 14.6 Å². The minimum absolute atomic E-state index is 0.0143. The molecule has 3 amide bonds. The van der Waals surface area contributed by atoms with Crippen LogP contribution in [-0.2, 0) is 11.2 Å². The fourth-order valence-corrected chi connectivity index (χ4v) is 5.69. The quantitative estimate of drug-likeness (QED) is 0.435. The highest BCUT2D eigenvalue weighted by Gasteiger charge is 2.60. The number of ether oxygens (including phenoxy) is 1. The van der Waals surface area contributed by atoms with Crippen LogP contribution in [0.3, 0.4) is 0 Å². The maximum Gasteiger partial charge on any atom is 0.387 e. The summed E-state index contributed by atoms with van der Waals surface area (Å²) in [6.45, 7) is 5.29. The van der Waals surface area contributed by atoms with Gasteiger partial charge < -0.3 is 19.7 Å². The molecule has 196 valence electrons. The Hall–Kier alpha value is -3.66. The molecule has 2 N–H and O–H groups in total. The topological polar surface area (TPSA) is 89.1 Å². The summed E-state index contributed by atoms with van der Waals surface area (Å²) >= 11 is 0. The molecule has 0 saturated carbocycles. The summed E-state index contributed by atoms with van der Waals surface area (Å²) in [4.78, 5) is 36.1. The van der Waals surface area contributed by atoms with Crippen LogP contribution in [0.4, 0.5) is 13.6 Å². The van der Waals surface area contributed by atoms with Gasteiger partial charge in [-0.3, -0.25) is 14.6 Å². The maximum absolute atomic E-state index is 13.8. The normalized spacial score (nSPS) is 21.3. The molecule has 2 aliphatic rings. The van der Waals surface area contributed by atoms with Crippen molar-refractivity contribution in [2.45, 2.75) is 45.4 Å². The summed E-state index contributed by atoms with van der Waals surface area (Å²) in [5.41, 5.74) is 1.56. The molecule has 2 aliphatic heterocycles. The lowest BCUT2D eigenvalue weighted by molar-refractivity contribution is -0.133. The number of amides is 3. The predicted octanol–water partition coefficient (Wildman–Crippen LogP) is 4.49. The highest BCUT2D eigenvalue weighted by Crippen LogP contribution is 2.49. The summed E-state index contributed by atoms with van der Waals surface area (Å²) in [6.07, 6.45) is 0.210. The van der Waals surface area contributed by atoms with Gasteiger partial charge in [0.25, 0.3) is 5.91 Å². The predicted molar refractivity (Wildman–Crippen MR) is 134 cm³/mol. The van der Waals surface area contributed by atoms with Crippen molar-refractivity contribution in [2.24, 2.45) is 0 Å². The fourth-order valence-electron chi connectivity index (χ4n) is 5.69. The Morgan fingerprint density at radius 2 is 1.95 bits per heavy atom. The molecule has 2 aromatic carbocycles. The van der Waals surface area contributed by atoms with Crippen LogP contribution < -0.4 is 4.74 Å². The molecule has 37 heavy (non-hydrogen) atoms. The molecule has 8 nitrogen and oxygen atoms in total. The largest absolute Gasteiger partial charge is 0.508 e. The number of phenols is 1. The Bertz CT molecular complexity index is 1360.